The summed E-state index contributed by atoms with van der Waals surface area (Å²) in [6.07, 6.45) is -0.198. The van der Waals surface area contributed by atoms with Gasteiger partial charge in [0.1, 0.15) is 18.3 Å². The van der Waals surface area contributed by atoms with Gasteiger partial charge in [0.05, 0.1) is 35.0 Å². The van der Waals surface area contributed by atoms with Crippen molar-refractivity contribution >= 4 is 22.8 Å². The van der Waals surface area contributed by atoms with Crippen molar-refractivity contribution in [2.45, 2.75) is 56.7 Å². The normalized spacial score (nSPS) is 25.4. The van der Waals surface area contributed by atoms with E-state index in [-0.39, 0.29) is 24.9 Å². The molecule has 1 aromatic carbocycles. The highest BCUT2D eigenvalue weighted by Gasteiger charge is 2.48. The molecule has 5 rings (SSSR count). The van der Waals surface area contributed by atoms with Crippen LogP contribution >= 0.6 is 11.6 Å². The number of ether oxygens (including phenoxy) is 3. The molecule has 2 fully saturated rings. The van der Waals surface area contributed by atoms with Gasteiger partial charge in [0, 0.05) is 5.56 Å². The molecule has 0 saturated carbocycles. The van der Waals surface area contributed by atoms with Gasteiger partial charge in [-0.2, -0.15) is 4.98 Å². The number of aryl methyl sites for hydroxylation is 1. The van der Waals surface area contributed by atoms with Gasteiger partial charge < -0.3 is 29.4 Å². The number of nitrogens with zero attached hydrogens (tertiary/aromatic N) is 2. The molecular formula is C23H26ClN3O5. The van der Waals surface area contributed by atoms with Gasteiger partial charge in [-0.25, -0.2) is 4.98 Å². The fraction of sp³-hybridized carbons (Fsp3) is 0.478. The van der Waals surface area contributed by atoms with Gasteiger partial charge in [0.2, 0.25) is 0 Å². The number of hydrogen-bond donors (Lipinski definition) is 3. The minimum atomic E-state index is -0.691. The summed E-state index contributed by atoms with van der Waals surface area (Å²) in [4.78, 5) is 12.2. The number of nitrogens with one attached hydrogen (secondary N) is 1. The number of aromatic nitrogens is 3. The van der Waals surface area contributed by atoms with Crippen LogP contribution in [-0.2, 0) is 15.9 Å². The van der Waals surface area contributed by atoms with Gasteiger partial charge in [-0.3, -0.25) is 0 Å². The Bertz CT molecular complexity index is 1110. The van der Waals surface area contributed by atoms with E-state index in [1.807, 2.05) is 38.1 Å². The number of pyridine rings is 1. The Balaban J connectivity index is 1.34. The first-order chi connectivity index (χ1) is 15.3. The van der Waals surface area contributed by atoms with Crippen LogP contribution in [-0.4, -0.2) is 68.4 Å². The maximum atomic E-state index is 9.92. The van der Waals surface area contributed by atoms with Crippen molar-refractivity contribution in [3.8, 4) is 17.3 Å². The monoisotopic (exact) mass is 459 g/mol. The third-order valence-electron chi connectivity index (χ3n) is 5.90. The smallest absolute Gasteiger partial charge is 0.296 e. The highest BCUT2D eigenvalue weighted by Crippen LogP contribution is 2.32. The van der Waals surface area contributed by atoms with Crippen LogP contribution in [0.2, 0.25) is 5.02 Å². The van der Waals surface area contributed by atoms with Gasteiger partial charge >= 0.3 is 0 Å². The predicted molar refractivity (Wildman–Crippen MR) is 119 cm³/mol. The van der Waals surface area contributed by atoms with Crippen molar-refractivity contribution in [1.29, 1.82) is 0 Å². The minimum Gasteiger partial charge on any atom is -0.456 e. The van der Waals surface area contributed by atoms with Crippen molar-refractivity contribution < 1.29 is 24.4 Å². The van der Waals surface area contributed by atoms with Crippen LogP contribution in [0.3, 0.4) is 0 Å². The Kier molecular flexibility index (Phi) is 5.59. The average Bonchev–Trinajstić information content (AvgIpc) is 3.43. The summed E-state index contributed by atoms with van der Waals surface area (Å²) in [7, 11) is 0. The van der Waals surface area contributed by atoms with Crippen molar-refractivity contribution in [2.24, 2.45) is 0 Å². The molecule has 0 radical (unpaired) electrons. The number of hydrogen-bond acceptors (Lipinski definition) is 7. The third-order valence-corrected chi connectivity index (χ3v) is 6.19. The van der Waals surface area contributed by atoms with Crippen LogP contribution in [0, 0.1) is 0 Å². The van der Waals surface area contributed by atoms with Crippen LogP contribution < -0.4 is 4.74 Å². The topological polar surface area (TPSA) is 110 Å². The average molecular weight is 460 g/mol. The molecule has 8 nitrogen and oxygen atoms in total. The number of imidazole rings is 1. The van der Waals surface area contributed by atoms with E-state index < -0.39 is 11.7 Å². The quantitative estimate of drug-likeness (QED) is 0.520. The van der Waals surface area contributed by atoms with E-state index in [9.17, 15) is 10.2 Å². The molecule has 3 aromatic rings. The number of rotatable bonds is 6. The lowest BCUT2D eigenvalue weighted by Gasteiger charge is -2.16. The summed E-state index contributed by atoms with van der Waals surface area (Å²) in [6, 6.07) is 10.1. The van der Waals surface area contributed by atoms with E-state index in [0.717, 1.165) is 17.5 Å². The molecule has 0 bridgehead atoms. The van der Waals surface area contributed by atoms with Gasteiger partial charge in [-0.05, 0) is 38.3 Å². The second kappa shape index (κ2) is 8.28. The summed E-state index contributed by atoms with van der Waals surface area (Å²) in [6.45, 7) is 4.18. The molecule has 170 valence electrons. The molecule has 0 spiro atoms. The Hall–Kier alpha value is -2.23. The summed E-state index contributed by atoms with van der Waals surface area (Å²) in [5, 5.41) is 20.3. The number of aliphatic hydroxyl groups excluding tert-OH is 1. The first kappa shape index (κ1) is 21.6. The number of halogens is 1. The fourth-order valence-electron chi connectivity index (χ4n) is 4.12. The molecule has 2 aliphatic heterocycles. The van der Waals surface area contributed by atoms with E-state index in [1.165, 1.54) is 0 Å². The van der Waals surface area contributed by atoms with Gasteiger partial charge in [-0.1, -0.05) is 35.9 Å². The highest BCUT2D eigenvalue weighted by atomic mass is 35.5. The van der Waals surface area contributed by atoms with Crippen molar-refractivity contribution in [2.75, 3.05) is 13.2 Å². The lowest BCUT2D eigenvalue weighted by atomic mass is 9.98. The lowest BCUT2D eigenvalue weighted by Crippen LogP contribution is -2.34. The Morgan fingerprint density at radius 1 is 1.16 bits per heavy atom. The molecule has 2 saturated heterocycles. The zero-order valence-electron chi connectivity index (χ0n) is 17.9. The standard InChI is InChI=1S/C23H26ClN3O5/c1-23(2,29)8-7-12-3-5-13(6-4-12)18-14(24)9-15-21(26-18)27-22(25-15)32-17-11-31-19-16(28)10-30-20(17)19/h3-6,9,16-17,19-20,28-29H,7-8,10-11H2,1-2H3,(H,25,26,27)/t16-,17-,19-,20-/m1/s1. The molecule has 3 N–H and O–H groups in total. The maximum absolute atomic E-state index is 9.92. The Morgan fingerprint density at radius 2 is 1.91 bits per heavy atom. The molecule has 2 aliphatic rings. The van der Waals surface area contributed by atoms with Gasteiger partial charge in [-0.15, -0.1) is 0 Å². The molecule has 0 unspecified atom stereocenters. The molecule has 0 aliphatic carbocycles. The number of benzene rings is 1. The second-order valence-electron chi connectivity index (χ2n) is 9.06. The third kappa shape index (κ3) is 4.33. The molecule has 4 atom stereocenters. The van der Waals surface area contributed by atoms with Crippen LogP contribution in [0.25, 0.3) is 22.4 Å². The largest absolute Gasteiger partial charge is 0.456 e. The number of fused-ring (bicyclic) bond motifs is 2. The number of H-pyrrole nitrogens is 1. The van der Waals surface area contributed by atoms with E-state index >= 15 is 0 Å². The summed E-state index contributed by atoms with van der Waals surface area (Å²) >= 11 is 6.52. The predicted octanol–water partition coefficient (Wildman–Crippen LogP) is 2.89. The van der Waals surface area contributed by atoms with Gasteiger partial charge in [0.15, 0.2) is 11.8 Å². The molecule has 32 heavy (non-hydrogen) atoms. The molecule has 2 aromatic heterocycles. The van der Waals surface area contributed by atoms with E-state index in [4.69, 9.17) is 25.8 Å². The first-order valence-electron chi connectivity index (χ1n) is 10.7. The van der Waals surface area contributed by atoms with Crippen molar-refractivity contribution in [1.82, 2.24) is 15.0 Å². The van der Waals surface area contributed by atoms with Gasteiger partial charge in [0.25, 0.3) is 6.01 Å². The summed E-state index contributed by atoms with van der Waals surface area (Å²) in [5.74, 6) is 0. The number of aliphatic hydroxyl groups is 2. The first-order valence-corrected chi connectivity index (χ1v) is 11.1. The Morgan fingerprint density at radius 3 is 2.66 bits per heavy atom. The van der Waals surface area contributed by atoms with Crippen LogP contribution in [0.4, 0.5) is 0 Å². The zero-order valence-corrected chi connectivity index (χ0v) is 18.7. The fourth-order valence-corrected chi connectivity index (χ4v) is 4.38. The van der Waals surface area contributed by atoms with Crippen LogP contribution in [0.5, 0.6) is 6.01 Å². The zero-order chi connectivity index (χ0) is 22.5. The summed E-state index contributed by atoms with van der Waals surface area (Å²) in [5.41, 5.74) is 3.13. The van der Waals surface area contributed by atoms with E-state index in [2.05, 4.69) is 15.0 Å². The van der Waals surface area contributed by atoms with Crippen LogP contribution in [0.15, 0.2) is 30.3 Å². The highest BCUT2D eigenvalue weighted by molar-refractivity contribution is 6.33. The van der Waals surface area contributed by atoms with Crippen LogP contribution in [0.1, 0.15) is 25.8 Å². The SMILES string of the molecule is CC(C)(O)CCc1ccc(-c2nc3nc(O[C@@H]4CO[C@H]5[C@@H]4OC[C@H]5O)[nH]c3cc2Cl)cc1. The molecular weight excluding hydrogens is 434 g/mol. The summed E-state index contributed by atoms with van der Waals surface area (Å²) < 4.78 is 17.1. The number of aromatic amines is 1. The Labute approximate surface area is 190 Å². The lowest BCUT2D eigenvalue weighted by molar-refractivity contribution is 0.00706. The van der Waals surface area contributed by atoms with E-state index in [0.29, 0.717) is 40.9 Å². The van der Waals surface area contributed by atoms with E-state index in [1.54, 1.807) is 6.07 Å². The maximum Gasteiger partial charge on any atom is 0.296 e. The van der Waals surface area contributed by atoms with Crippen molar-refractivity contribution in [3.63, 3.8) is 0 Å². The molecule has 9 heteroatoms. The molecule has 4 heterocycles. The second-order valence-corrected chi connectivity index (χ2v) is 9.47. The van der Waals surface area contributed by atoms with Crippen molar-refractivity contribution in [3.05, 3.63) is 40.9 Å². The molecule has 0 amide bonds. The minimum absolute atomic E-state index is 0.242.